The number of aromatic hydroxyl groups is 1. The van der Waals surface area contributed by atoms with Crippen LogP contribution in [0.5, 0.6) is 5.75 Å². The largest absolute Gasteiger partial charge is 0.508 e. The molecule has 0 aliphatic carbocycles. The first kappa shape index (κ1) is 36.3. The first-order chi connectivity index (χ1) is 24.8. The molecule has 0 fully saturated rings. The van der Waals surface area contributed by atoms with Gasteiger partial charge in [0, 0.05) is 54.2 Å². The van der Waals surface area contributed by atoms with Gasteiger partial charge in [0.25, 0.3) is 5.91 Å². The van der Waals surface area contributed by atoms with Gasteiger partial charge in [-0.25, -0.2) is 8.78 Å². The number of nitrogens with zero attached hydrogens (tertiary/aromatic N) is 3. The number of phenols is 1. The molecule has 0 atom stereocenters. The zero-order valence-corrected chi connectivity index (χ0v) is 27.6. The smallest absolute Gasteiger partial charge is 0.251 e. The molecule has 0 radical (unpaired) electrons. The van der Waals surface area contributed by atoms with Crippen LogP contribution in [0, 0.1) is 11.6 Å². The zero-order valence-electron chi connectivity index (χ0n) is 27.6. The molecular weight excluding hydrogens is 660 g/mol. The molecule has 12 nitrogen and oxygen atoms in total. The Kier molecular flexibility index (Phi) is 13.3. The normalized spacial score (nSPS) is 10.8. The molecule has 4 aromatic carbocycles. The standard InChI is InChI=1S/C37H37F2N7O5/c38-28-10-17-32(39)27(23-28)24-41-34(49)26-8-11-29(12-9-26)42-36-44-35(45-37(46-36)43-30-13-15-31(47)16-14-30)40-18-20-51-22-21-50-19-4-7-33(48)25-5-2-1-3-6-25/h1-3,5-6,8-17,23,47H,4,7,18-22,24H2,(H,41,49)(H3,40,42,43,44,45,46). The van der Waals surface area contributed by atoms with Gasteiger partial charge in [-0.3, -0.25) is 9.59 Å². The van der Waals surface area contributed by atoms with Crippen molar-refractivity contribution in [2.24, 2.45) is 0 Å². The van der Waals surface area contributed by atoms with Crippen LogP contribution in [0.1, 0.15) is 39.1 Å². The number of hydrogen-bond donors (Lipinski definition) is 5. The van der Waals surface area contributed by atoms with E-state index in [9.17, 15) is 23.5 Å². The summed E-state index contributed by atoms with van der Waals surface area (Å²) in [5, 5.41) is 21.5. The second kappa shape index (κ2) is 18.7. The lowest BCUT2D eigenvalue weighted by Crippen LogP contribution is -2.23. The predicted molar refractivity (Wildman–Crippen MR) is 189 cm³/mol. The molecule has 1 aromatic heterocycles. The lowest BCUT2D eigenvalue weighted by atomic mass is 10.1. The number of hydrogen-bond acceptors (Lipinski definition) is 11. The minimum Gasteiger partial charge on any atom is -0.508 e. The molecular formula is C37H37F2N7O5. The summed E-state index contributed by atoms with van der Waals surface area (Å²) >= 11 is 0. The van der Waals surface area contributed by atoms with E-state index in [-0.39, 0.29) is 41.5 Å². The topological polar surface area (TPSA) is 160 Å². The fourth-order valence-corrected chi connectivity index (χ4v) is 4.69. The SMILES string of the molecule is O=C(CCCOCCOCCNc1nc(Nc2ccc(O)cc2)nc(Nc2ccc(C(=O)NCc3cc(F)ccc3F)cc2)n1)c1ccccc1. The average molecular weight is 698 g/mol. The van der Waals surface area contributed by atoms with E-state index in [1.165, 1.54) is 12.1 Å². The van der Waals surface area contributed by atoms with E-state index in [2.05, 4.69) is 36.2 Å². The van der Waals surface area contributed by atoms with E-state index in [4.69, 9.17) is 9.47 Å². The second-order valence-electron chi connectivity index (χ2n) is 11.1. The Labute approximate surface area is 293 Å². The molecule has 1 heterocycles. The Morgan fingerprint density at radius 3 is 2.00 bits per heavy atom. The molecule has 0 bridgehead atoms. The highest BCUT2D eigenvalue weighted by Crippen LogP contribution is 2.21. The Bertz CT molecular complexity index is 1880. The van der Waals surface area contributed by atoms with Crippen molar-refractivity contribution in [2.75, 3.05) is 48.9 Å². The summed E-state index contributed by atoms with van der Waals surface area (Å²) in [5.41, 5.74) is 2.27. The first-order valence-corrected chi connectivity index (χ1v) is 16.2. The summed E-state index contributed by atoms with van der Waals surface area (Å²) in [6.07, 6.45) is 1.05. The van der Waals surface area contributed by atoms with Crippen LogP contribution < -0.4 is 21.3 Å². The van der Waals surface area contributed by atoms with Crippen molar-refractivity contribution < 1.29 is 33.0 Å². The summed E-state index contributed by atoms with van der Waals surface area (Å²) < 4.78 is 38.6. The number of aromatic nitrogens is 3. The van der Waals surface area contributed by atoms with Gasteiger partial charge in [-0.15, -0.1) is 0 Å². The number of ketones is 1. The van der Waals surface area contributed by atoms with Gasteiger partial charge in [0.1, 0.15) is 17.4 Å². The van der Waals surface area contributed by atoms with Gasteiger partial charge >= 0.3 is 0 Å². The maximum Gasteiger partial charge on any atom is 0.251 e. The number of amides is 1. The van der Waals surface area contributed by atoms with Gasteiger partial charge in [-0.1, -0.05) is 30.3 Å². The molecule has 0 aliphatic heterocycles. The van der Waals surface area contributed by atoms with Gasteiger partial charge in [-0.2, -0.15) is 15.0 Å². The molecule has 0 unspecified atom stereocenters. The number of phenolic OH excluding ortho intramolecular Hbond substituents is 1. The quantitative estimate of drug-likeness (QED) is 0.0370. The average Bonchev–Trinajstić information content (AvgIpc) is 3.14. The van der Waals surface area contributed by atoms with E-state index in [0.717, 1.165) is 18.2 Å². The summed E-state index contributed by atoms with van der Waals surface area (Å²) in [6, 6.07) is 25.1. The van der Waals surface area contributed by atoms with Gasteiger partial charge in [-0.05, 0) is 73.2 Å². The molecule has 0 saturated heterocycles. The third kappa shape index (κ3) is 11.8. The lowest BCUT2D eigenvalue weighted by molar-refractivity contribution is 0.0497. The van der Waals surface area contributed by atoms with E-state index >= 15 is 0 Å². The van der Waals surface area contributed by atoms with Gasteiger partial charge in [0.15, 0.2) is 5.78 Å². The molecule has 51 heavy (non-hydrogen) atoms. The minimum absolute atomic E-state index is 0.0403. The number of halogens is 2. The monoisotopic (exact) mass is 697 g/mol. The van der Waals surface area contributed by atoms with E-state index in [0.29, 0.717) is 68.3 Å². The van der Waals surface area contributed by atoms with Crippen LogP contribution in [0.25, 0.3) is 0 Å². The molecule has 0 saturated carbocycles. The number of ether oxygens (including phenoxy) is 2. The van der Waals surface area contributed by atoms with Crippen LogP contribution in [0.15, 0.2) is 97.1 Å². The zero-order chi connectivity index (χ0) is 35.8. The number of benzene rings is 4. The van der Waals surface area contributed by atoms with Crippen molar-refractivity contribution in [2.45, 2.75) is 19.4 Å². The predicted octanol–water partition coefficient (Wildman–Crippen LogP) is 6.38. The lowest BCUT2D eigenvalue weighted by Gasteiger charge is -2.12. The Morgan fingerprint density at radius 2 is 1.31 bits per heavy atom. The molecule has 5 aromatic rings. The third-order valence-electron chi connectivity index (χ3n) is 7.30. The molecule has 264 valence electrons. The summed E-state index contributed by atoms with van der Waals surface area (Å²) in [4.78, 5) is 38.1. The van der Waals surface area contributed by atoms with E-state index in [1.54, 1.807) is 48.5 Å². The molecule has 5 N–H and O–H groups in total. The Hall–Kier alpha value is -5.99. The van der Waals surface area contributed by atoms with Crippen LogP contribution in [0.3, 0.4) is 0 Å². The van der Waals surface area contributed by atoms with Gasteiger partial charge in [0.05, 0.1) is 19.8 Å². The molecule has 14 heteroatoms. The van der Waals surface area contributed by atoms with Gasteiger partial charge in [0.2, 0.25) is 17.8 Å². The maximum absolute atomic E-state index is 13.9. The number of rotatable bonds is 19. The highest BCUT2D eigenvalue weighted by Gasteiger charge is 2.11. The number of Topliss-reactive ketones (excluding diaryl/α,β-unsaturated/α-hetero) is 1. The molecule has 0 aliphatic rings. The van der Waals surface area contributed by atoms with Crippen LogP contribution in [0.4, 0.5) is 38.0 Å². The Morgan fingerprint density at radius 1 is 0.686 bits per heavy atom. The first-order valence-electron chi connectivity index (χ1n) is 16.2. The van der Waals surface area contributed by atoms with Crippen LogP contribution >= 0.6 is 0 Å². The number of carbonyl (C=O) groups excluding carboxylic acids is 2. The minimum atomic E-state index is -0.611. The highest BCUT2D eigenvalue weighted by molar-refractivity contribution is 5.96. The van der Waals surface area contributed by atoms with Crippen molar-refractivity contribution in [3.8, 4) is 5.75 Å². The van der Waals surface area contributed by atoms with Gasteiger partial charge < -0.3 is 35.8 Å². The summed E-state index contributed by atoms with van der Waals surface area (Å²) in [7, 11) is 0. The van der Waals surface area contributed by atoms with Crippen molar-refractivity contribution >= 4 is 40.9 Å². The van der Waals surface area contributed by atoms with Crippen LogP contribution in [-0.4, -0.2) is 64.7 Å². The highest BCUT2D eigenvalue weighted by atomic mass is 19.1. The molecule has 0 spiro atoms. The summed E-state index contributed by atoms with van der Waals surface area (Å²) in [5.74, 6) is -0.765. The van der Waals surface area contributed by atoms with Crippen molar-refractivity contribution in [1.29, 1.82) is 0 Å². The van der Waals surface area contributed by atoms with Crippen LogP contribution in [-0.2, 0) is 16.0 Å². The fourth-order valence-electron chi connectivity index (χ4n) is 4.69. The van der Waals surface area contributed by atoms with E-state index in [1.807, 2.05) is 18.2 Å². The van der Waals surface area contributed by atoms with Crippen molar-refractivity contribution in [3.63, 3.8) is 0 Å². The maximum atomic E-state index is 13.9. The third-order valence-corrected chi connectivity index (χ3v) is 7.30. The number of anilines is 5. The second-order valence-corrected chi connectivity index (χ2v) is 11.1. The molecule has 1 amide bonds. The fraction of sp³-hybridized carbons (Fsp3) is 0.216. The molecule has 5 rings (SSSR count). The van der Waals surface area contributed by atoms with Crippen LogP contribution in [0.2, 0.25) is 0 Å². The Balaban J connectivity index is 1.10. The number of nitrogens with one attached hydrogen (secondary N) is 4. The van der Waals surface area contributed by atoms with Crippen molar-refractivity contribution in [3.05, 3.63) is 125 Å². The van der Waals surface area contributed by atoms with Crippen molar-refractivity contribution in [1.82, 2.24) is 20.3 Å². The number of carbonyl (C=O) groups is 2. The summed E-state index contributed by atoms with van der Waals surface area (Å²) in [6.45, 7) is 1.80. The van der Waals surface area contributed by atoms with E-state index < -0.39 is 17.5 Å².